The molecule has 0 spiro atoms. The summed E-state index contributed by atoms with van der Waals surface area (Å²) in [5.41, 5.74) is 5.44. The van der Waals surface area contributed by atoms with Crippen molar-refractivity contribution in [3.05, 3.63) is 32.2 Å². The molecular formula is C15H20N4OS2. The molecule has 0 radical (unpaired) electrons. The quantitative estimate of drug-likeness (QED) is 0.911. The number of amides is 1. The Hall–Kier alpha value is -1.31. The summed E-state index contributed by atoms with van der Waals surface area (Å²) in [4.78, 5) is 25.3. The number of carbonyl (C=O) groups is 1. The van der Waals surface area contributed by atoms with Crippen LogP contribution in [0.15, 0.2) is 11.0 Å². The van der Waals surface area contributed by atoms with Crippen molar-refractivity contribution in [1.82, 2.24) is 20.2 Å². The number of nitrogens with one attached hydrogen (secondary N) is 1. The zero-order valence-corrected chi connectivity index (χ0v) is 14.5. The van der Waals surface area contributed by atoms with Gasteiger partial charge in [0.15, 0.2) is 0 Å². The van der Waals surface area contributed by atoms with E-state index in [2.05, 4.69) is 15.3 Å². The van der Waals surface area contributed by atoms with Crippen molar-refractivity contribution in [3.8, 4) is 0 Å². The minimum atomic E-state index is 0.0969. The summed E-state index contributed by atoms with van der Waals surface area (Å²) in [6.45, 7) is 7.38. The molecule has 0 bridgehead atoms. The molecule has 1 N–H and O–H groups in total. The van der Waals surface area contributed by atoms with Crippen LogP contribution in [-0.4, -0.2) is 40.4 Å². The van der Waals surface area contributed by atoms with Gasteiger partial charge in [-0.1, -0.05) is 0 Å². The van der Waals surface area contributed by atoms with Gasteiger partial charge < -0.3 is 10.2 Å². The van der Waals surface area contributed by atoms with Crippen LogP contribution in [0.5, 0.6) is 0 Å². The van der Waals surface area contributed by atoms with Crippen molar-refractivity contribution in [2.75, 3.05) is 19.6 Å². The maximum absolute atomic E-state index is 12.9. The Morgan fingerprint density at radius 1 is 1.32 bits per heavy atom. The van der Waals surface area contributed by atoms with E-state index in [0.29, 0.717) is 12.5 Å². The van der Waals surface area contributed by atoms with Crippen molar-refractivity contribution in [2.24, 2.45) is 5.92 Å². The monoisotopic (exact) mass is 336 g/mol. The lowest BCUT2D eigenvalue weighted by Crippen LogP contribution is -2.35. The predicted molar refractivity (Wildman–Crippen MR) is 89.4 cm³/mol. The van der Waals surface area contributed by atoms with E-state index in [1.807, 2.05) is 24.3 Å². The second kappa shape index (κ2) is 6.85. The molecule has 1 aliphatic rings. The molecule has 22 heavy (non-hydrogen) atoms. The molecule has 1 aliphatic heterocycles. The number of carbonyl (C=O) groups excluding carboxylic acids is 1. The molecule has 3 heterocycles. The normalized spacial score (nSPS) is 17.8. The minimum absolute atomic E-state index is 0.0969. The highest BCUT2D eigenvalue weighted by molar-refractivity contribution is 7.12. The van der Waals surface area contributed by atoms with Crippen molar-refractivity contribution < 1.29 is 4.79 Å². The van der Waals surface area contributed by atoms with Gasteiger partial charge in [-0.3, -0.25) is 4.79 Å². The van der Waals surface area contributed by atoms with Crippen LogP contribution >= 0.6 is 22.7 Å². The fourth-order valence-electron chi connectivity index (χ4n) is 2.70. The van der Waals surface area contributed by atoms with E-state index in [0.717, 1.165) is 42.3 Å². The number of hydrogen-bond donors (Lipinski definition) is 1. The van der Waals surface area contributed by atoms with Crippen LogP contribution in [0, 0.1) is 19.8 Å². The van der Waals surface area contributed by atoms with Crippen LogP contribution in [0.1, 0.15) is 32.4 Å². The van der Waals surface area contributed by atoms with E-state index in [4.69, 9.17) is 0 Å². The predicted octanol–water partition coefficient (Wildman–Crippen LogP) is 2.47. The third-order valence-electron chi connectivity index (χ3n) is 4.05. The molecule has 0 saturated carbocycles. The highest BCUT2D eigenvalue weighted by Gasteiger charge is 2.25. The Bertz CT molecular complexity index is 646. The first-order valence-electron chi connectivity index (χ1n) is 7.44. The summed E-state index contributed by atoms with van der Waals surface area (Å²) in [6, 6.07) is 0. The average molecular weight is 336 g/mol. The minimum Gasteiger partial charge on any atom is -0.332 e. The zero-order valence-electron chi connectivity index (χ0n) is 12.8. The van der Waals surface area contributed by atoms with Gasteiger partial charge in [0.1, 0.15) is 4.88 Å². The topological polar surface area (TPSA) is 58.1 Å². The van der Waals surface area contributed by atoms with Crippen LogP contribution in [0.2, 0.25) is 0 Å². The molecule has 2 aromatic heterocycles. The first-order valence-corrected chi connectivity index (χ1v) is 9.20. The molecule has 0 aliphatic carbocycles. The molecule has 118 valence electrons. The Morgan fingerprint density at radius 3 is 2.68 bits per heavy atom. The summed E-state index contributed by atoms with van der Waals surface area (Å²) in [5, 5.41) is 3.38. The molecule has 1 fully saturated rings. The van der Waals surface area contributed by atoms with Gasteiger partial charge in [0, 0.05) is 11.4 Å². The maximum Gasteiger partial charge on any atom is 0.266 e. The third kappa shape index (κ3) is 3.37. The number of hydrogen-bond acceptors (Lipinski definition) is 6. The van der Waals surface area contributed by atoms with Crippen LogP contribution in [0.4, 0.5) is 0 Å². The number of aromatic nitrogens is 2. The van der Waals surface area contributed by atoms with Crippen LogP contribution in [0.25, 0.3) is 0 Å². The average Bonchev–Trinajstić information content (AvgIpc) is 3.22. The largest absolute Gasteiger partial charge is 0.332 e. The Kier molecular flexibility index (Phi) is 4.85. The number of nitrogens with zero attached hydrogens (tertiary/aromatic N) is 3. The van der Waals surface area contributed by atoms with E-state index in [1.165, 1.54) is 16.2 Å². The molecule has 0 unspecified atom stereocenters. The lowest BCUT2D eigenvalue weighted by Gasteiger charge is -2.25. The van der Waals surface area contributed by atoms with Gasteiger partial charge in [-0.05, 0) is 39.3 Å². The molecule has 1 amide bonds. The fraction of sp³-hybridized carbons (Fsp3) is 0.533. The van der Waals surface area contributed by atoms with Gasteiger partial charge in [0.25, 0.3) is 5.91 Å². The standard InChI is InChI=1S/C15H20N4OS2/c1-10-13(21-8-17-10)7-19(6-12-3-4-16-5-12)15(20)14-11(2)18-9-22-14/h8-9,12,16H,3-7H2,1-2H3/t12-/m1/s1. The van der Waals surface area contributed by atoms with E-state index in [9.17, 15) is 4.79 Å². The molecular weight excluding hydrogens is 316 g/mol. The number of rotatable bonds is 5. The second-order valence-electron chi connectivity index (χ2n) is 5.67. The summed E-state index contributed by atoms with van der Waals surface area (Å²) >= 11 is 3.05. The van der Waals surface area contributed by atoms with Crippen molar-refractivity contribution >= 4 is 28.6 Å². The maximum atomic E-state index is 12.9. The third-order valence-corrected chi connectivity index (χ3v) is 5.88. The summed E-state index contributed by atoms with van der Waals surface area (Å²) in [7, 11) is 0. The molecule has 2 aromatic rings. The first kappa shape index (κ1) is 15.6. The van der Waals surface area contributed by atoms with Crippen molar-refractivity contribution in [3.63, 3.8) is 0 Å². The Morgan fingerprint density at radius 2 is 2.09 bits per heavy atom. The molecule has 7 heteroatoms. The smallest absolute Gasteiger partial charge is 0.266 e. The Balaban J connectivity index is 1.80. The SMILES string of the molecule is Cc1ncsc1CN(C[C@@H]1CCNC1)C(=O)c1scnc1C. The highest BCUT2D eigenvalue weighted by Crippen LogP contribution is 2.22. The number of aryl methyl sites for hydroxylation is 2. The lowest BCUT2D eigenvalue weighted by molar-refractivity contribution is 0.0724. The van der Waals surface area contributed by atoms with E-state index in [-0.39, 0.29) is 5.91 Å². The molecule has 1 saturated heterocycles. The first-order chi connectivity index (χ1) is 10.6. The molecule has 1 atom stereocenters. The van der Waals surface area contributed by atoms with Gasteiger partial charge in [0.05, 0.1) is 29.0 Å². The lowest BCUT2D eigenvalue weighted by atomic mass is 10.1. The molecule has 5 nitrogen and oxygen atoms in total. The zero-order chi connectivity index (χ0) is 15.5. The summed E-state index contributed by atoms with van der Waals surface area (Å²) < 4.78 is 0. The van der Waals surface area contributed by atoms with Gasteiger partial charge in [-0.2, -0.15) is 0 Å². The second-order valence-corrected chi connectivity index (χ2v) is 7.47. The summed E-state index contributed by atoms with van der Waals surface area (Å²) in [6.07, 6.45) is 1.13. The molecule has 3 rings (SSSR count). The van der Waals surface area contributed by atoms with E-state index in [1.54, 1.807) is 16.8 Å². The van der Waals surface area contributed by atoms with Crippen molar-refractivity contribution in [1.29, 1.82) is 0 Å². The summed E-state index contributed by atoms with van der Waals surface area (Å²) in [5.74, 6) is 0.630. The van der Waals surface area contributed by atoms with Crippen molar-refractivity contribution in [2.45, 2.75) is 26.8 Å². The highest BCUT2D eigenvalue weighted by atomic mass is 32.1. The van der Waals surface area contributed by atoms with Gasteiger partial charge in [-0.25, -0.2) is 9.97 Å². The number of thiazole rings is 2. The fourth-order valence-corrected chi connectivity index (χ4v) is 4.26. The molecule has 0 aromatic carbocycles. The van der Waals surface area contributed by atoms with Gasteiger partial charge in [-0.15, -0.1) is 22.7 Å². The van der Waals surface area contributed by atoms with Gasteiger partial charge in [0.2, 0.25) is 0 Å². The van der Waals surface area contributed by atoms with Crippen LogP contribution in [0.3, 0.4) is 0 Å². The Labute approximate surface area is 138 Å². The van der Waals surface area contributed by atoms with Crippen LogP contribution in [-0.2, 0) is 6.54 Å². The van der Waals surface area contributed by atoms with Gasteiger partial charge >= 0.3 is 0 Å². The van der Waals surface area contributed by atoms with E-state index < -0.39 is 0 Å². The van der Waals surface area contributed by atoms with Crippen LogP contribution < -0.4 is 5.32 Å². The van der Waals surface area contributed by atoms with E-state index >= 15 is 0 Å².